The van der Waals surface area contributed by atoms with Crippen molar-refractivity contribution in [2.45, 2.75) is 19.4 Å². The number of amides is 1. The fraction of sp³-hybridized carbons (Fsp3) is 0.208. The number of aromatic nitrogens is 5. The molecule has 1 N–H and O–H groups in total. The van der Waals surface area contributed by atoms with Gasteiger partial charge in [0, 0.05) is 60.4 Å². The van der Waals surface area contributed by atoms with Gasteiger partial charge in [0.05, 0.1) is 7.11 Å². The highest BCUT2D eigenvalue weighted by molar-refractivity contribution is 6.04. The molecule has 8 heteroatoms. The highest BCUT2D eigenvalue weighted by Crippen LogP contribution is 2.33. The van der Waals surface area contributed by atoms with E-state index in [0.717, 1.165) is 23.2 Å². The number of nitrogens with zero attached hydrogens (tertiary/aromatic N) is 5. The second-order valence-corrected chi connectivity index (χ2v) is 7.76. The maximum Gasteiger partial charge on any atom is 0.272 e. The molecule has 0 aromatic carbocycles. The molecule has 0 spiro atoms. The minimum Gasteiger partial charge on any atom is -0.480 e. The summed E-state index contributed by atoms with van der Waals surface area (Å²) in [6, 6.07) is 9.18. The van der Waals surface area contributed by atoms with Gasteiger partial charge in [-0.15, -0.1) is 0 Å². The van der Waals surface area contributed by atoms with Gasteiger partial charge >= 0.3 is 0 Å². The molecule has 4 aromatic heterocycles. The average molecular weight is 426 g/mol. The maximum absolute atomic E-state index is 13.1. The Bertz CT molecular complexity index is 1230. The van der Waals surface area contributed by atoms with Crippen LogP contribution in [0.2, 0.25) is 0 Å². The van der Waals surface area contributed by atoms with Crippen LogP contribution in [0.4, 0.5) is 5.69 Å². The van der Waals surface area contributed by atoms with Gasteiger partial charge < -0.3 is 14.6 Å². The van der Waals surface area contributed by atoms with Crippen molar-refractivity contribution < 1.29 is 9.53 Å². The maximum atomic E-state index is 13.1. The first-order valence-electron chi connectivity index (χ1n) is 10.4. The smallest absolute Gasteiger partial charge is 0.272 e. The Hall–Kier alpha value is -4.07. The topological polar surface area (TPSA) is 94.8 Å². The molecule has 0 unspecified atom stereocenters. The highest BCUT2D eigenvalue weighted by atomic mass is 16.5. The van der Waals surface area contributed by atoms with E-state index in [4.69, 9.17) is 4.74 Å². The first-order valence-corrected chi connectivity index (χ1v) is 10.4. The van der Waals surface area contributed by atoms with Crippen molar-refractivity contribution in [3.63, 3.8) is 0 Å². The van der Waals surface area contributed by atoms with Gasteiger partial charge in [-0.2, -0.15) is 0 Å². The molecule has 0 atom stereocenters. The predicted octanol–water partition coefficient (Wildman–Crippen LogP) is 4.07. The van der Waals surface area contributed by atoms with Crippen LogP contribution in [-0.4, -0.2) is 37.5 Å². The molecule has 4 aromatic rings. The molecule has 5 rings (SSSR count). The van der Waals surface area contributed by atoms with Crippen molar-refractivity contribution in [1.82, 2.24) is 24.5 Å². The van der Waals surface area contributed by atoms with Crippen molar-refractivity contribution in [3.05, 3.63) is 73.2 Å². The zero-order valence-corrected chi connectivity index (χ0v) is 17.6. The van der Waals surface area contributed by atoms with E-state index >= 15 is 0 Å². The largest absolute Gasteiger partial charge is 0.480 e. The molecule has 0 saturated heterocycles. The van der Waals surface area contributed by atoms with Crippen LogP contribution in [0.15, 0.2) is 67.5 Å². The summed E-state index contributed by atoms with van der Waals surface area (Å²) in [6.07, 6.45) is 13.0. The van der Waals surface area contributed by atoms with Crippen LogP contribution in [-0.2, 0) is 6.54 Å². The summed E-state index contributed by atoms with van der Waals surface area (Å²) in [6.45, 7) is 0.807. The van der Waals surface area contributed by atoms with Crippen molar-refractivity contribution in [3.8, 4) is 28.4 Å². The zero-order chi connectivity index (χ0) is 21.9. The molecule has 160 valence electrons. The molecule has 1 fully saturated rings. The number of methoxy groups -OCH3 is 1. The third kappa shape index (κ3) is 4.20. The molecular weight excluding hydrogens is 404 g/mol. The number of rotatable bonds is 7. The summed E-state index contributed by atoms with van der Waals surface area (Å²) in [7, 11) is 1.53. The number of pyridine rings is 2. The number of carbonyl (C=O) groups excluding carboxylic acids is 1. The van der Waals surface area contributed by atoms with Crippen LogP contribution < -0.4 is 10.1 Å². The second kappa shape index (κ2) is 8.58. The monoisotopic (exact) mass is 426 g/mol. The summed E-state index contributed by atoms with van der Waals surface area (Å²) < 4.78 is 7.27. The lowest BCUT2D eigenvalue weighted by Crippen LogP contribution is -2.18. The van der Waals surface area contributed by atoms with E-state index < -0.39 is 0 Å². The summed E-state index contributed by atoms with van der Waals surface area (Å²) in [5, 5.41) is 2.92. The predicted molar refractivity (Wildman–Crippen MR) is 120 cm³/mol. The van der Waals surface area contributed by atoms with Gasteiger partial charge in [-0.1, -0.05) is 0 Å². The molecular formula is C24H22N6O2. The van der Waals surface area contributed by atoms with Crippen LogP contribution in [0.5, 0.6) is 5.88 Å². The number of nitrogens with one attached hydrogen (secondary N) is 1. The Morgan fingerprint density at radius 3 is 2.59 bits per heavy atom. The van der Waals surface area contributed by atoms with Crippen LogP contribution in [0.1, 0.15) is 23.3 Å². The Morgan fingerprint density at radius 1 is 1.06 bits per heavy atom. The Labute approximate surface area is 185 Å². The SMILES string of the molecule is COc1ncccc1NC(=O)c1cc(-c2cnc(-c3cccnc3)nc2)cn1CC1CC1. The average Bonchev–Trinajstić information content (AvgIpc) is 3.56. The van der Waals surface area contributed by atoms with Gasteiger partial charge in [0.15, 0.2) is 5.82 Å². The number of anilines is 1. The molecule has 8 nitrogen and oxygen atoms in total. The van der Waals surface area contributed by atoms with Gasteiger partial charge in [0.2, 0.25) is 5.88 Å². The molecule has 0 aliphatic heterocycles. The van der Waals surface area contributed by atoms with Gasteiger partial charge in [0.25, 0.3) is 5.91 Å². The minimum absolute atomic E-state index is 0.212. The number of hydrogen-bond donors (Lipinski definition) is 1. The fourth-order valence-electron chi connectivity index (χ4n) is 3.54. The van der Waals surface area contributed by atoms with Crippen LogP contribution in [0, 0.1) is 5.92 Å². The quantitative estimate of drug-likeness (QED) is 0.479. The number of ether oxygens (including phenoxy) is 1. The highest BCUT2D eigenvalue weighted by Gasteiger charge is 2.25. The van der Waals surface area contributed by atoms with E-state index in [-0.39, 0.29) is 5.91 Å². The minimum atomic E-state index is -0.212. The molecule has 1 aliphatic rings. The molecule has 1 amide bonds. The summed E-state index contributed by atoms with van der Waals surface area (Å²) in [5.41, 5.74) is 3.71. The molecule has 1 saturated carbocycles. The van der Waals surface area contributed by atoms with Crippen LogP contribution in [0.25, 0.3) is 22.5 Å². The van der Waals surface area contributed by atoms with Crippen LogP contribution >= 0.6 is 0 Å². The normalized spacial score (nSPS) is 13.0. The first-order chi connectivity index (χ1) is 15.7. The number of hydrogen-bond acceptors (Lipinski definition) is 6. The fourth-order valence-corrected chi connectivity index (χ4v) is 3.54. The molecule has 0 bridgehead atoms. The van der Waals surface area contributed by atoms with E-state index in [1.165, 1.54) is 20.0 Å². The van der Waals surface area contributed by atoms with Crippen LogP contribution in [0.3, 0.4) is 0 Å². The van der Waals surface area contributed by atoms with Crippen molar-refractivity contribution in [2.24, 2.45) is 5.92 Å². The van der Waals surface area contributed by atoms with E-state index in [9.17, 15) is 4.79 Å². The van der Waals surface area contributed by atoms with Crippen molar-refractivity contribution in [2.75, 3.05) is 12.4 Å². The van der Waals surface area contributed by atoms with E-state index in [1.54, 1.807) is 43.1 Å². The summed E-state index contributed by atoms with van der Waals surface area (Å²) >= 11 is 0. The third-order valence-electron chi connectivity index (χ3n) is 5.40. The van der Waals surface area contributed by atoms with E-state index in [2.05, 4.69) is 25.3 Å². The Morgan fingerprint density at radius 2 is 1.88 bits per heavy atom. The van der Waals surface area contributed by atoms with Gasteiger partial charge in [-0.3, -0.25) is 9.78 Å². The lowest BCUT2D eigenvalue weighted by Gasteiger charge is -2.11. The molecule has 0 radical (unpaired) electrons. The number of carbonyl (C=O) groups is 1. The van der Waals surface area contributed by atoms with Gasteiger partial charge in [0.1, 0.15) is 11.4 Å². The molecule has 4 heterocycles. The standard InChI is InChI=1S/C24H22N6O2/c1-32-24-20(5-3-9-26-24)29-23(31)21-10-18(15-30(21)14-16-6-7-16)19-12-27-22(28-13-19)17-4-2-8-25-11-17/h2-5,8-13,15-16H,6-7,14H2,1H3,(H,29,31). The third-order valence-corrected chi connectivity index (χ3v) is 5.40. The first kappa shape index (κ1) is 19.9. The van der Waals surface area contributed by atoms with E-state index in [1.807, 2.05) is 29.0 Å². The summed E-state index contributed by atoms with van der Waals surface area (Å²) in [4.78, 5) is 30.4. The van der Waals surface area contributed by atoms with Crippen molar-refractivity contribution in [1.29, 1.82) is 0 Å². The van der Waals surface area contributed by atoms with Crippen molar-refractivity contribution >= 4 is 11.6 Å². The van der Waals surface area contributed by atoms with E-state index in [0.29, 0.717) is 29.0 Å². The molecule has 1 aliphatic carbocycles. The van der Waals surface area contributed by atoms with Gasteiger partial charge in [-0.05, 0) is 49.1 Å². The Kier molecular flexibility index (Phi) is 5.33. The summed E-state index contributed by atoms with van der Waals surface area (Å²) in [5.74, 6) is 1.39. The lowest BCUT2D eigenvalue weighted by atomic mass is 10.1. The van der Waals surface area contributed by atoms with Gasteiger partial charge in [-0.25, -0.2) is 15.0 Å². The zero-order valence-electron chi connectivity index (χ0n) is 17.6. The Balaban J connectivity index is 1.43. The second-order valence-electron chi connectivity index (χ2n) is 7.76. The lowest BCUT2D eigenvalue weighted by molar-refractivity contribution is 0.101. The molecule has 32 heavy (non-hydrogen) atoms.